The van der Waals surface area contributed by atoms with Gasteiger partial charge in [-0.25, -0.2) is 4.39 Å². The standard InChI is InChI=1S/C19H24FN3O2/c1-10(2)23-12(4)16(11(3)22-23)9-18(24)21-19-13(5)25-17-8-14(20)6-7-15(17)19/h6-8,10,13,19H,9H2,1-5H3,(H,21,24)/t13-,19+/m1/s1. The summed E-state index contributed by atoms with van der Waals surface area (Å²) >= 11 is 0. The molecule has 2 atom stereocenters. The van der Waals surface area contributed by atoms with Gasteiger partial charge in [0.25, 0.3) is 0 Å². The third-order valence-corrected chi connectivity index (χ3v) is 4.71. The molecule has 3 rings (SSSR count). The maximum Gasteiger partial charge on any atom is 0.225 e. The fraction of sp³-hybridized carbons (Fsp3) is 0.474. The van der Waals surface area contributed by atoms with E-state index in [-0.39, 0.29) is 36.3 Å². The number of hydrogen-bond donors (Lipinski definition) is 1. The molecule has 1 aliphatic heterocycles. The van der Waals surface area contributed by atoms with Crippen molar-refractivity contribution in [2.45, 2.75) is 59.2 Å². The molecule has 1 aliphatic rings. The number of fused-ring (bicyclic) bond motifs is 1. The van der Waals surface area contributed by atoms with E-state index in [1.54, 1.807) is 6.07 Å². The maximum absolute atomic E-state index is 13.3. The second-order valence-corrected chi connectivity index (χ2v) is 6.91. The summed E-state index contributed by atoms with van der Waals surface area (Å²) in [6.45, 7) is 9.92. The minimum atomic E-state index is -0.342. The first-order valence-corrected chi connectivity index (χ1v) is 8.58. The molecule has 0 aliphatic carbocycles. The third-order valence-electron chi connectivity index (χ3n) is 4.71. The Morgan fingerprint density at radius 2 is 2.12 bits per heavy atom. The molecule has 6 heteroatoms. The van der Waals surface area contributed by atoms with Crippen molar-refractivity contribution in [1.29, 1.82) is 0 Å². The molecule has 0 unspecified atom stereocenters. The van der Waals surface area contributed by atoms with Crippen LogP contribution in [0.25, 0.3) is 0 Å². The van der Waals surface area contributed by atoms with Gasteiger partial charge in [0, 0.05) is 28.9 Å². The Balaban J connectivity index is 1.76. The molecule has 1 amide bonds. The molecule has 0 saturated carbocycles. The number of carbonyl (C=O) groups is 1. The van der Waals surface area contributed by atoms with Gasteiger partial charge >= 0.3 is 0 Å². The highest BCUT2D eigenvalue weighted by Gasteiger charge is 2.33. The molecule has 0 fully saturated rings. The van der Waals surface area contributed by atoms with Crippen molar-refractivity contribution in [3.05, 3.63) is 46.5 Å². The summed E-state index contributed by atoms with van der Waals surface area (Å²) in [5.74, 6) is 0.0650. The van der Waals surface area contributed by atoms with E-state index in [1.165, 1.54) is 12.1 Å². The molecule has 5 nitrogen and oxygen atoms in total. The number of benzene rings is 1. The molecule has 2 aromatic rings. The summed E-state index contributed by atoms with van der Waals surface area (Å²) < 4.78 is 21.0. The number of hydrogen-bond acceptors (Lipinski definition) is 3. The molecule has 25 heavy (non-hydrogen) atoms. The quantitative estimate of drug-likeness (QED) is 0.924. The van der Waals surface area contributed by atoms with Crippen molar-refractivity contribution in [2.24, 2.45) is 0 Å². The number of aromatic nitrogens is 2. The lowest BCUT2D eigenvalue weighted by Crippen LogP contribution is -2.35. The van der Waals surface area contributed by atoms with Crippen LogP contribution in [-0.2, 0) is 11.2 Å². The van der Waals surface area contributed by atoms with Gasteiger partial charge in [0.2, 0.25) is 5.91 Å². The lowest BCUT2D eigenvalue weighted by molar-refractivity contribution is -0.121. The highest BCUT2D eigenvalue weighted by atomic mass is 19.1. The van der Waals surface area contributed by atoms with Crippen LogP contribution in [0.15, 0.2) is 18.2 Å². The van der Waals surface area contributed by atoms with Crippen LogP contribution in [0.5, 0.6) is 5.75 Å². The summed E-state index contributed by atoms with van der Waals surface area (Å²) in [5, 5.41) is 7.55. The van der Waals surface area contributed by atoms with Gasteiger partial charge in [0.05, 0.1) is 18.2 Å². The van der Waals surface area contributed by atoms with E-state index in [9.17, 15) is 9.18 Å². The van der Waals surface area contributed by atoms with Crippen molar-refractivity contribution in [3.63, 3.8) is 0 Å². The second kappa shape index (κ2) is 6.50. The molecule has 0 spiro atoms. The van der Waals surface area contributed by atoms with Crippen molar-refractivity contribution in [2.75, 3.05) is 0 Å². The van der Waals surface area contributed by atoms with E-state index >= 15 is 0 Å². The predicted molar refractivity (Wildman–Crippen MR) is 93.2 cm³/mol. The summed E-state index contributed by atoms with van der Waals surface area (Å²) in [6, 6.07) is 4.40. The minimum absolute atomic E-state index is 0.0906. The van der Waals surface area contributed by atoms with Gasteiger partial charge in [0.1, 0.15) is 17.7 Å². The largest absolute Gasteiger partial charge is 0.488 e. The van der Waals surface area contributed by atoms with Gasteiger partial charge in [-0.2, -0.15) is 5.10 Å². The van der Waals surface area contributed by atoms with Gasteiger partial charge in [-0.3, -0.25) is 9.48 Å². The third kappa shape index (κ3) is 3.25. The molecule has 2 heterocycles. The number of ether oxygens (including phenoxy) is 1. The topological polar surface area (TPSA) is 56.2 Å². The second-order valence-electron chi connectivity index (χ2n) is 6.91. The van der Waals surface area contributed by atoms with Crippen molar-refractivity contribution in [1.82, 2.24) is 15.1 Å². The SMILES string of the molecule is Cc1nn(C(C)C)c(C)c1CC(=O)N[C@@H]1c2ccc(F)cc2O[C@@H]1C. The highest BCUT2D eigenvalue weighted by Crippen LogP contribution is 2.37. The number of amides is 1. The average Bonchev–Trinajstić information content (AvgIpc) is 2.98. The minimum Gasteiger partial charge on any atom is -0.488 e. The normalized spacial score (nSPS) is 19.0. The highest BCUT2D eigenvalue weighted by molar-refractivity contribution is 5.80. The first kappa shape index (κ1) is 17.5. The fourth-order valence-corrected chi connectivity index (χ4v) is 3.42. The Morgan fingerprint density at radius 1 is 1.40 bits per heavy atom. The van der Waals surface area contributed by atoms with Crippen LogP contribution in [-0.4, -0.2) is 21.8 Å². The number of halogens is 1. The van der Waals surface area contributed by atoms with Crippen molar-refractivity contribution in [3.8, 4) is 5.75 Å². The molecule has 0 bridgehead atoms. The zero-order valence-electron chi connectivity index (χ0n) is 15.3. The molecule has 0 radical (unpaired) electrons. The van der Waals surface area contributed by atoms with Crippen molar-refractivity contribution >= 4 is 5.91 Å². The monoisotopic (exact) mass is 345 g/mol. The van der Waals surface area contributed by atoms with Crippen LogP contribution in [0.2, 0.25) is 0 Å². The smallest absolute Gasteiger partial charge is 0.225 e. The molecule has 1 N–H and O–H groups in total. The van der Waals surface area contributed by atoms with E-state index in [0.717, 1.165) is 22.5 Å². The molecule has 1 aromatic carbocycles. The Morgan fingerprint density at radius 3 is 2.76 bits per heavy atom. The van der Waals surface area contributed by atoms with E-state index in [4.69, 9.17) is 4.74 Å². The zero-order valence-corrected chi connectivity index (χ0v) is 15.3. The van der Waals surface area contributed by atoms with Crippen LogP contribution in [0.3, 0.4) is 0 Å². The Labute approximate surface area is 147 Å². The van der Waals surface area contributed by atoms with E-state index in [0.29, 0.717) is 5.75 Å². The van der Waals surface area contributed by atoms with Gasteiger partial charge in [-0.05, 0) is 40.7 Å². The van der Waals surface area contributed by atoms with Crippen LogP contribution < -0.4 is 10.1 Å². The fourth-order valence-electron chi connectivity index (χ4n) is 3.42. The van der Waals surface area contributed by atoms with Crippen molar-refractivity contribution < 1.29 is 13.9 Å². The average molecular weight is 345 g/mol. The maximum atomic E-state index is 13.3. The van der Waals surface area contributed by atoms with Gasteiger partial charge in [-0.15, -0.1) is 0 Å². The molecular formula is C19H24FN3O2. The molecule has 0 saturated heterocycles. The summed E-state index contributed by atoms with van der Waals surface area (Å²) in [5.41, 5.74) is 3.66. The predicted octanol–water partition coefficient (Wildman–Crippen LogP) is 3.40. The lowest BCUT2D eigenvalue weighted by atomic mass is 10.0. The first-order valence-electron chi connectivity index (χ1n) is 8.58. The Bertz CT molecular complexity index is 813. The zero-order chi connectivity index (χ0) is 18.3. The summed E-state index contributed by atoms with van der Waals surface area (Å²) in [4.78, 5) is 12.6. The Hall–Kier alpha value is -2.37. The number of carbonyl (C=O) groups excluding carboxylic acids is 1. The van der Waals surface area contributed by atoms with Crippen LogP contribution >= 0.6 is 0 Å². The van der Waals surface area contributed by atoms with E-state index in [2.05, 4.69) is 24.3 Å². The van der Waals surface area contributed by atoms with Crippen LogP contribution in [0.4, 0.5) is 4.39 Å². The number of rotatable bonds is 4. The summed E-state index contributed by atoms with van der Waals surface area (Å²) in [7, 11) is 0. The first-order chi connectivity index (χ1) is 11.8. The number of nitrogens with one attached hydrogen (secondary N) is 1. The summed E-state index contributed by atoms with van der Waals surface area (Å²) in [6.07, 6.45) is 0.0331. The number of nitrogens with zero attached hydrogens (tertiary/aromatic N) is 2. The molecular weight excluding hydrogens is 321 g/mol. The van der Waals surface area contributed by atoms with E-state index < -0.39 is 0 Å². The lowest BCUT2D eigenvalue weighted by Gasteiger charge is -2.17. The van der Waals surface area contributed by atoms with Gasteiger partial charge in [0.15, 0.2) is 0 Å². The van der Waals surface area contributed by atoms with E-state index in [1.807, 2.05) is 25.5 Å². The molecule has 134 valence electrons. The Kier molecular flexibility index (Phi) is 4.54. The van der Waals surface area contributed by atoms with Gasteiger partial charge < -0.3 is 10.1 Å². The van der Waals surface area contributed by atoms with Crippen LogP contribution in [0.1, 0.15) is 55.4 Å². The van der Waals surface area contributed by atoms with Crippen LogP contribution in [0, 0.1) is 19.7 Å². The van der Waals surface area contributed by atoms with Gasteiger partial charge in [-0.1, -0.05) is 6.07 Å². The number of aryl methyl sites for hydroxylation is 1. The molecule has 1 aromatic heterocycles.